The van der Waals surface area contributed by atoms with Gasteiger partial charge < -0.3 is 10.2 Å². The highest BCUT2D eigenvalue weighted by atomic mass is 35.5. The third-order valence-electron chi connectivity index (χ3n) is 4.12. The summed E-state index contributed by atoms with van der Waals surface area (Å²) >= 11 is 13.6. The number of likely N-dealkylation sites (N-methyl/N-ethyl adjacent to an activating group) is 1. The van der Waals surface area contributed by atoms with Crippen LogP contribution in [0.15, 0.2) is 48.5 Å². The van der Waals surface area contributed by atoms with Crippen molar-refractivity contribution >= 4 is 46.8 Å². The van der Waals surface area contributed by atoms with Gasteiger partial charge in [0.1, 0.15) is 6.04 Å². The summed E-state index contributed by atoms with van der Waals surface area (Å²) in [5.74, 6) is 0.598. The van der Waals surface area contributed by atoms with Crippen LogP contribution in [0.3, 0.4) is 0 Å². The van der Waals surface area contributed by atoms with Crippen molar-refractivity contribution in [1.82, 2.24) is 10.2 Å². The topological polar surface area (TPSA) is 49.4 Å². The van der Waals surface area contributed by atoms with Crippen LogP contribution in [0.2, 0.25) is 10.0 Å². The Morgan fingerprint density at radius 2 is 1.78 bits per heavy atom. The molecule has 0 heterocycles. The van der Waals surface area contributed by atoms with Gasteiger partial charge in [-0.05, 0) is 36.2 Å². The first-order chi connectivity index (χ1) is 12.9. The summed E-state index contributed by atoms with van der Waals surface area (Å²) in [6.07, 6.45) is 0. The lowest BCUT2D eigenvalue weighted by Gasteiger charge is -2.28. The molecule has 0 fully saturated rings. The molecule has 7 heteroatoms. The SMILES string of the molecule is CNC(=O)[C@H](C)N(Cc1ccc(Cl)cc1)C(=O)CSCc1ccccc1Cl. The molecule has 2 aromatic rings. The monoisotopic (exact) mass is 424 g/mol. The van der Waals surface area contributed by atoms with E-state index >= 15 is 0 Å². The number of carbonyl (C=O) groups excluding carboxylic acids is 2. The average molecular weight is 425 g/mol. The Morgan fingerprint density at radius 1 is 1.11 bits per heavy atom. The van der Waals surface area contributed by atoms with Crippen LogP contribution in [0.4, 0.5) is 0 Å². The molecule has 0 unspecified atom stereocenters. The first kappa shape index (κ1) is 21.6. The van der Waals surface area contributed by atoms with E-state index in [9.17, 15) is 9.59 Å². The smallest absolute Gasteiger partial charge is 0.242 e. The van der Waals surface area contributed by atoms with E-state index in [2.05, 4.69) is 5.32 Å². The van der Waals surface area contributed by atoms with Gasteiger partial charge in [0, 0.05) is 29.4 Å². The summed E-state index contributed by atoms with van der Waals surface area (Å²) in [6.45, 7) is 2.07. The Balaban J connectivity index is 2.04. The van der Waals surface area contributed by atoms with Crippen molar-refractivity contribution in [2.24, 2.45) is 0 Å². The van der Waals surface area contributed by atoms with Crippen LogP contribution in [0, 0.1) is 0 Å². The van der Waals surface area contributed by atoms with Crippen LogP contribution in [0.25, 0.3) is 0 Å². The van der Waals surface area contributed by atoms with Gasteiger partial charge in [-0.3, -0.25) is 9.59 Å². The maximum Gasteiger partial charge on any atom is 0.242 e. The van der Waals surface area contributed by atoms with E-state index in [1.54, 1.807) is 31.0 Å². The molecule has 0 aliphatic heterocycles. The highest BCUT2D eigenvalue weighted by Crippen LogP contribution is 2.22. The average Bonchev–Trinajstić information content (AvgIpc) is 2.67. The molecule has 1 N–H and O–H groups in total. The number of carbonyl (C=O) groups is 2. The third-order valence-corrected chi connectivity index (χ3v) is 5.71. The van der Waals surface area contributed by atoms with Crippen LogP contribution < -0.4 is 5.32 Å². The molecule has 2 aromatic carbocycles. The minimum Gasteiger partial charge on any atom is -0.357 e. The number of halogens is 2. The Morgan fingerprint density at radius 3 is 2.41 bits per heavy atom. The molecule has 27 heavy (non-hydrogen) atoms. The molecule has 1 atom stereocenters. The predicted octanol–water partition coefficient (Wildman–Crippen LogP) is 4.39. The van der Waals surface area contributed by atoms with Gasteiger partial charge in [0.05, 0.1) is 5.75 Å². The maximum atomic E-state index is 12.8. The van der Waals surface area contributed by atoms with E-state index in [1.165, 1.54) is 11.8 Å². The fourth-order valence-corrected chi connectivity index (χ4v) is 3.85. The van der Waals surface area contributed by atoms with Crippen molar-refractivity contribution in [1.29, 1.82) is 0 Å². The lowest BCUT2D eigenvalue weighted by molar-refractivity contribution is -0.138. The van der Waals surface area contributed by atoms with Crippen molar-refractivity contribution in [2.75, 3.05) is 12.8 Å². The first-order valence-electron chi connectivity index (χ1n) is 8.49. The predicted molar refractivity (Wildman–Crippen MR) is 113 cm³/mol. The van der Waals surface area contributed by atoms with Gasteiger partial charge in [-0.2, -0.15) is 0 Å². The number of rotatable bonds is 8. The lowest BCUT2D eigenvalue weighted by atomic mass is 10.1. The van der Waals surface area contributed by atoms with Crippen molar-refractivity contribution in [3.8, 4) is 0 Å². The normalized spacial score (nSPS) is 11.7. The van der Waals surface area contributed by atoms with Gasteiger partial charge in [0.2, 0.25) is 11.8 Å². The highest BCUT2D eigenvalue weighted by Gasteiger charge is 2.25. The molecule has 4 nitrogen and oxygen atoms in total. The largest absolute Gasteiger partial charge is 0.357 e. The number of thioether (sulfide) groups is 1. The Kier molecular flexibility index (Phi) is 8.48. The molecule has 0 aliphatic carbocycles. The fraction of sp³-hybridized carbons (Fsp3) is 0.300. The molecule has 2 rings (SSSR count). The summed E-state index contributed by atoms with van der Waals surface area (Å²) in [7, 11) is 1.57. The Hall–Kier alpha value is -1.69. The summed E-state index contributed by atoms with van der Waals surface area (Å²) in [5, 5.41) is 3.93. The standard InChI is InChI=1S/C20H22Cl2N2O2S/c1-14(20(26)23-2)24(11-15-7-9-17(21)10-8-15)19(25)13-27-12-16-5-3-4-6-18(16)22/h3-10,14H,11-13H2,1-2H3,(H,23,26)/t14-/m0/s1. The van der Waals surface area contributed by atoms with Gasteiger partial charge in [0.25, 0.3) is 0 Å². The molecule has 0 bridgehead atoms. The molecule has 0 spiro atoms. The van der Waals surface area contributed by atoms with Crippen LogP contribution >= 0.6 is 35.0 Å². The number of nitrogens with one attached hydrogen (secondary N) is 1. The third kappa shape index (κ3) is 6.45. The van der Waals surface area contributed by atoms with Gasteiger partial charge in [-0.25, -0.2) is 0 Å². The Labute approximate surface area is 174 Å². The van der Waals surface area contributed by atoms with Gasteiger partial charge >= 0.3 is 0 Å². The van der Waals surface area contributed by atoms with E-state index in [1.807, 2.05) is 36.4 Å². The van der Waals surface area contributed by atoms with E-state index in [0.717, 1.165) is 11.1 Å². The Bertz CT molecular complexity index is 784. The molecule has 144 valence electrons. The van der Waals surface area contributed by atoms with E-state index in [0.29, 0.717) is 22.3 Å². The zero-order chi connectivity index (χ0) is 19.8. The van der Waals surface area contributed by atoms with Crippen LogP contribution in [0.5, 0.6) is 0 Å². The van der Waals surface area contributed by atoms with Crippen LogP contribution in [-0.4, -0.2) is 35.6 Å². The first-order valence-corrected chi connectivity index (χ1v) is 10.4. The van der Waals surface area contributed by atoms with Crippen LogP contribution in [0.1, 0.15) is 18.1 Å². The van der Waals surface area contributed by atoms with E-state index in [4.69, 9.17) is 23.2 Å². The molecule has 0 saturated heterocycles. The quantitative estimate of drug-likeness (QED) is 0.683. The molecule has 0 saturated carbocycles. The van der Waals surface area contributed by atoms with E-state index < -0.39 is 6.04 Å². The number of amides is 2. The number of hydrogen-bond donors (Lipinski definition) is 1. The van der Waals surface area contributed by atoms with Crippen LogP contribution in [-0.2, 0) is 21.9 Å². The van der Waals surface area contributed by atoms with Crippen molar-refractivity contribution in [2.45, 2.75) is 25.3 Å². The number of nitrogens with zero attached hydrogens (tertiary/aromatic N) is 1. The highest BCUT2D eigenvalue weighted by molar-refractivity contribution is 7.99. The zero-order valence-electron chi connectivity index (χ0n) is 15.2. The van der Waals surface area contributed by atoms with Gasteiger partial charge in [-0.1, -0.05) is 53.5 Å². The minimum absolute atomic E-state index is 0.0990. The fourth-order valence-electron chi connectivity index (χ4n) is 2.52. The second-order valence-electron chi connectivity index (χ2n) is 6.02. The maximum absolute atomic E-state index is 12.8. The van der Waals surface area contributed by atoms with Crippen molar-refractivity contribution in [3.63, 3.8) is 0 Å². The van der Waals surface area contributed by atoms with Crippen molar-refractivity contribution in [3.05, 3.63) is 69.7 Å². The van der Waals surface area contributed by atoms with Crippen molar-refractivity contribution < 1.29 is 9.59 Å². The molecular formula is C20H22Cl2N2O2S. The molecule has 0 aromatic heterocycles. The summed E-state index contributed by atoms with van der Waals surface area (Å²) < 4.78 is 0. The summed E-state index contributed by atoms with van der Waals surface area (Å²) in [6, 6.07) is 14.3. The summed E-state index contributed by atoms with van der Waals surface area (Å²) in [5.41, 5.74) is 1.90. The second-order valence-corrected chi connectivity index (χ2v) is 7.85. The van der Waals surface area contributed by atoms with E-state index in [-0.39, 0.29) is 17.6 Å². The molecule has 0 aliphatic rings. The summed E-state index contributed by atoms with van der Waals surface area (Å²) in [4.78, 5) is 26.5. The molecule has 2 amide bonds. The minimum atomic E-state index is -0.570. The molecule has 0 radical (unpaired) electrons. The zero-order valence-corrected chi connectivity index (χ0v) is 17.6. The molecular weight excluding hydrogens is 403 g/mol. The number of benzene rings is 2. The van der Waals surface area contributed by atoms with Gasteiger partial charge in [0.15, 0.2) is 0 Å². The number of hydrogen-bond acceptors (Lipinski definition) is 3. The lowest BCUT2D eigenvalue weighted by Crippen LogP contribution is -2.47. The van der Waals surface area contributed by atoms with Gasteiger partial charge in [-0.15, -0.1) is 11.8 Å². The second kappa shape index (κ2) is 10.6.